The van der Waals surface area contributed by atoms with Gasteiger partial charge < -0.3 is 0 Å². The van der Waals surface area contributed by atoms with Crippen molar-refractivity contribution in [2.24, 2.45) is 0 Å². The fourth-order valence-electron chi connectivity index (χ4n) is 1.33. The molecular formula is C11H14BrF. The van der Waals surface area contributed by atoms with Crippen molar-refractivity contribution in [3.8, 4) is 0 Å². The van der Waals surface area contributed by atoms with Crippen molar-refractivity contribution < 1.29 is 4.39 Å². The molecule has 2 atom stereocenters. The summed E-state index contributed by atoms with van der Waals surface area (Å²) < 4.78 is 12.6. The molecule has 0 spiro atoms. The van der Waals surface area contributed by atoms with Gasteiger partial charge in [-0.1, -0.05) is 41.9 Å². The highest BCUT2D eigenvalue weighted by Crippen LogP contribution is 2.26. The Labute approximate surface area is 87.3 Å². The monoisotopic (exact) mass is 244 g/mol. The maximum Gasteiger partial charge on any atom is 0.123 e. The predicted molar refractivity (Wildman–Crippen MR) is 57.8 cm³/mol. The van der Waals surface area contributed by atoms with Crippen molar-refractivity contribution >= 4 is 15.9 Å². The third kappa shape index (κ3) is 2.80. The Hall–Kier alpha value is -0.370. The quantitative estimate of drug-likeness (QED) is 0.703. The van der Waals surface area contributed by atoms with E-state index < -0.39 is 0 Å². The molecule has 1 rings (SSSR count). The smallest absolute Gasteiger partial charge is 0.123 e. The van der Waals surface area contributed by atoms with E-state index in [0.717, 1.165) is 6.42 Å². The number of rotatable bonds is 3. The van der Waals surface area contributed by atoms with Crippen LogP contribution in [-0.2, 0) is 0 Å². The summed E-state index contributed by atoms with van der Waals surface area (Å²) in [6.45, 7) is 4.29. The van der Waals surface area contributed by atoms with Gasteiger partial charge in [-0.2, -0.15) is 0 Å². The van der Waals surface area contributed by atoms with E-state index in [1.807, 2.05) is 12.1 Å². The van der Waals surface area contributed by atoms with Gasteiger partial charge in [0.1, 0.15) is 5.82 Å². The molecule has 0 nitrogen and oxygen atoms in total. The van der Waals surface area contributed by atoms with E-state index in [1.165, 1.54) is 17.7 Å². The summed E-state index contributed by atoms with van der Waals surface area (Å²) in [5, 5.41) is 0. The maximum absolute atomic E-state index is 12.6. The maximum atomic E-state index is 12.6. The highest BCUT2D eigenvalue weighted by atomic mass is 79.9. The minimum absolute atomic E-state index is 0.168. The molecule has 0 saturated carbocycles. The number of benzene rings is 1. The van der Waals surface area contributed by atoms with Crippen LogP contribution in [0.3, 0.4) is 0 Å². The highest BCUT2D eigenvalue weighted by Gasteiger charge is 2.13. The third-order valence-electron chi connectivity index (χ3n) is 2.33. The summed E-state index contributed by atoms with van der Waals surface area (Å²) in [4.78, 5) is 0.470. The van der Waals surface area contributed by atoms with Crippen LogP contribution in [0.15, 0.2) is 24.3 Å². The fourth-order valence-corrected chi connectivity index (χ4v) is 1.63. The Bertz CT molecular complexity index is 255. The minimum atomic E-state index is -0.168. The van der Waals surface area contributed by atoms with Gasteiger partial charge in [-0.25, -0.2) is 4.39 Å². The molecule has 2 unspecified atom stereocenters. The first kappa shape index (κ1) is 10.7. The second-order valence-electron chi connectivity index (χ2n) is 3.26. The van der Waals surface area contributed by atoms with E-state index in [9.17, 15) is 4.39 Å². The van der Waals surface area contributed by atoms with Crippen LogP contribution in [0.2, 0.25) is 0 Å². The van der Waals surface area contributed by atoms with Crippen LogP contribution in [0.4, 0.5) is 4.39 Å². The van der Waals surface area contributed by atoms with E-state index in [2.05, 4.69) is 29.8 Å². The molecule has 0 aliphatic heterocycles. The molecule has 0 saturated heterocycles. The van der Waals surface area contributed by atoms with Gasteiger partial charge in [0.15, 0.2) is 0 Å². The van der Waals surface area contributed by atoms with E-state index in [4.69, 9.17) is 0 Å². The van der Waals surface area contributed by atoms with Crippen LogP contribution in [-0.4, -0.2) is 4.83 Å². The number of alkyl halides is 1. The average molecular weight is 245 g/mol. The fraction of sp³-hybridized carbons (Fsp3) is 0.455. The van der Waals surface area contributed by atoms with Gasteiger partial charge >= 0.3 is 0 Å². The second-order valence-corrected chi connectivity index (χ2v) is 4.44. The summed E-state index contributed by atoms with van der Waals surface area (Å²) in [6, 6.07) is 6.73. The molecule has 13 heavy (non-hydrogen) atoms. The SMILES string of the molecule is CCC(Br)C(C)c1ccc(F)cc1. The minimum Gasteiger partial charge on any atom is -0.207 e. The Morgan fingerprint density at radius 3 is 2.31 bits per heavy atom. The lowest BCUT2D eigenvalue weighted by Crippen LogP contribution is -2.07. The summed E-state index contributed by atoms with van der Waals surface area (Å²) in [7, 11) is 0. The molecule has 1 aromatic rings. The second kappa shape index (κ2) is 4.75. The van der Waals surface area contributed by atoms with Crippen molar-refractivity contribution in [2.75, 3.05) is 0 Å². The number of hydrogen-bond donors (Lipinski definition) is 0. The van der Waals surface area contributed by atoms with Gasteiger partial charge in [0, 0.05) is 4.83 Å². The van der Waals surface area contributed by atoms with Crippen LogP contribution in [0, 0.1) is 5.82 Å². The van der Waals surface area contributed by atoms with Gasteiger partial charge in [-0.05, 0) is 30.0 Å². The summed E-state index contributed by atoms with van der Waals surface area (Å²) in [6.07, 6.45) is 1.08. The molecule has 0 N–H and O–H groups in total. The van der Waals surface area contributed by atoms with E-state index in [0.29, 0.717) is 10.7 Å². The zero-order valence-corrected chi connectivity index (χ0v) is 9.51. The standard InChI is InChI=1S/C11H14BrF/c1-3-11(12)8(2)9-4-6-10(13)7-5-9/h4-8,11H,3H2,1-2H3. The van der Waals surface area contributed by atoms with Gasteiger partial charge in [0.2, 0.25) is 0 Å². The number of halogens is 2. The Morgan fingerprint density at radius 1 is 1.31 bits per heavy atom. The van der Waals surface area contributed by atoms with Gasteiger partial charge in [-0.3, -0.25) is 0 Å². The van der Waals surface area contributed by atoms with Crippen LogP contribution in [0.25, 0.3) is 0 Å². The van der Waals surface area contributed by atoms with Crippen LogP contribution in [0.1, 0.15) is 31.7 Å². The van der Waals surface area contributed by atoms with Crippen molar-refractivity contribution in [1.29, 1.82) is 0 Å². The normalized spacial score (nSPS) is 15.4. The topological polar surface area (TPSA) is 0 Å². The van der Waals surface area contributed by atoms with Crippen LogP contribution in [0.5, 0.6) is 0 Å². The molecule has 1 aromatic carbocycles. The molecule has 0 bridgehead atoms. The first-order valence-electron chi connectivity index (χ1n) is 4.54. The third-order valence-corrected chi connectivity index (χ3v) is 3.77. The Balaban J connectivity index is 2.77. The van der Waals surface area contributed by atoms with Crippen molar-refractivity contribution in [3.05, 3.63) is 35.6 Å². The van der Waals surface area contributed by atoms with Gasteiger partial charge in [0.25, 0.3) is 0 Å². The highest BCUT2D eigenvalue weighted by molar-refractivity contribution is 9.09. The summed E-state index contributed by atoms with van der Waals surface area (Å²) in [5.41, 5.74) is 1.19. The van der Waals surface area contributed by atoms with Crippen LogP contribution >= 0.6 is 15.9 Å². The zero-order valence-electron chi connectivity index (χ0n) is 7.93. The molecule has 0 aliphatic rings. The molecular weight excluding hydrogens is 231 g/mol. The molecule has 72 valence electrons. The summed E-state index contributed by atoms with van der Waals surface area (Å²) in [5.74, 6) is 0.268. The van der Waals surface area contributed by atoms with Crippen molar-refractivity contribution in [2.45, 2.75) is 31.0 Å². The predicted octanol–water partition coefficient (Wildman–Crippen LogP) is 4.10. The van der Waals surface area contributed by atoms with Gasteiger partial charge in [0.05, 0.1) is 0 Å². The summed E-state index contributed by atoms with van der Waals surface area (Å²) >= 11 is 3.60. The van der Waals surface area contributed by atoms with E-state index in [-0.39, 0.29) is 5.82 Å². The Kier molecular flexibility index (Phi) is 3.91. The largest absolute Gasteiger partial charge is 0.207 e. The van der Waals surface area contributed by atoms with E-state index in [1.54, 1.807) is 0 Å². The van der Waals surface area contributed by atoms with Gasteiger partial charge in [-0.15, -0.1) is 0 Å². The average Bonchev–Trinajstić information content (AvgIpc) is 2.17. The van der Waals surface area contributed by atoms with Crippen molar-refractivity contribution in [3.63, 3.8) is 0 Å². The first-order valence-corrected chi connectivity index (χ1v) is 5.46. The molecule has 0 radical (unpaired) electrons. The molecule has 2 heteroatoms. The van der Waals surface area contributed by atoms with E-state index >= 15 is 0 Å². The lowest BCUT2D eigenvalue weighted by Gasteiger charge is -2.16. The molecule has 0 fully saturated rings. The lowest BCUT2D eigenvalue weighted by atomic mass is 9.97. The molecule has 0 aromatic heterocycles. The van der Waals surface area contributed by atoms with Crippen molar-refractivity contribution in [1.82, 2.24) is 0 Å². The molecule has 0 amide bonds. The zero-order chi connectivity index (χ0) is 9.84. The molecule has 0 heterocycles. The van der Waals surface area contributed by atoms with Crippen LogP contribution < -0.4 is 0 Å². The first-order chi connectivity index (χ1) is 6.15. The molecule has 0 aliphatic carbocycles. The lowest BCUT2D eigenvalue weighted by molar-refractivity contribution is 0.624. The number of hydrogen-bond acceptors (Lipinski definition) is 0. The Morgan fingerprint density at radius 2 is 1.85 bits per heavy atom.